The number of thiophene rings is 1. The summed E-state index contributed by atoms with van der Waals surface area (Å²) < 4.78 is 37.4. The number of anilines is 1. The van der Waals surface area contributed by atoms with Crippen molar-refractivity contribution in [3.8, 4) is 16.5 Å². The topological polar surface area (TPSA) is 91.7 Å². The highest BCUT2D eigenvalue weighted by Crippen LogP contribution is 2.33. The third-order valence-corrected chi connectivity index (χ3v) is 7.84. The van der Waals surface area contributed by atoms with Crippen LogP contribution >= 0.6 is 11.3 Å². The van der Waals surface area contributed by atoms with Crippen molar-refractivity contribution in [1.82, 2.24) is 4.72 Å². The van der Waals surface area contributed by atoms with Gasteiger partial charge in [-0.05, 0) is 52.7 Å². The maximum absolute atomic E-state index is 12.3. The third-order valence-electron chi connectivity index (χ3n) is 5.38. The number of allylic oxidation sites excluding steroid dienone is 1. The van der Waals surface area contributed by atoms with E-state index in [1.165, 1.54) is 35.6 Å². The molecule has 4 rings (SSSR count). The lowest BCUT2D eigenvalue weighted by molar-refractivity contribution is 0.122. The van der Waals surface area contributed by atoms with E-state index in [0.29, 0.717) is 4.88 Å². The molecule has 0 saturated carbocycles. The number of hydrogen-bond acceptors (Lipinski definition) is 7. The van der Waals surface area contributed by atoms with Crippen LogP contribution in [-0.4, -0.2) is 55.0 Å². The van der Waals surface area contributed by atoms with Gasteiger partial charge < -0.3 is 14.4 Å². The highest BCUT2D eigenvalue weighted by Gasteiger charge is 2.17. The van der Waals surface area contributed by atoms with Crippen molar-refractivity contribution in [2.45, 2.75) is 0 Å². The Labute approximate surface area is 197 Å². The van der Waals surface area contributed by atoms with E-state index in [4.69, 9.17) is 9.47 Å². The number of morpholine rings is 1. The van der Waals surface area contributed by atoms with Gasteiger partial charge in [-0.1, -0.05) is 18.2 Å². The molecule has 1 aromatic heterocycles. The molecule has 172 valence electrons. The summed E-state index contributed by atoms with van der Waals surface area (Å²) in [6.07, 6.45) is 1.40. The molecule has 1 saturated heterocycles. The standard InChI is InChI=1S/C24H25N3O4S2/c1-30-11-8-26-33(28,29)23(17-25)16-22-6-7-24(32-22)20-3-2-19-15-21(5-4-18(19)14-20)27-9-12-31-13-10-27/h2-7,14-16,26H,8-13H2,1H3/b23-16+. The van der Waals surface area contributed by atoms with Crippen LogP contribution in [0.15, 0.2) is 53.4 Å². The summed E-state index contributed by atoms with van der Waals surface area (Å²) in [5.74, 6) is 0. The zero-order valence-electron chi connectivity index (χ0n) is 18.3. The number of methoxy groups -OCH3 is 1. The summed E-state index contributed by atoms with van der Waals surface area (Å²) in [5, 5.41) is 11.7. The molecular formula is C24H25N3O4S2. The SMILES string of the molecule is COCCNS(=O)(=O)/C(C#N)=C/c1ccc(-c2ccc3cc(N4CCOCC4)ccc3c2)s1. The van der Waals surface area contributed by atoms with Crippen molar-refractivity contribution in [2.24, 2.45) is 0 Å². The van der Waals surface area contributed by atoms with Crippen LogP contribution in [0, 0.1) is 11.3 Å². The molecular weight excluding hydrogens is 458 g/mol. The molecule has 2 aromatic carbocycles. The Hall–Kier alpha value is -2.74. The largest absolute Gasteiger partial charge is 0.383 e. The van der Waals surface area contributed by atoms with Gasteiger partial charge in [-0.25, -0.2) is 13.1 Å². The molecule has 0 atom stereocenters. The van der Waals surface area contributed by atoms with E-state index in [-0.39, 0.29) is 18.1 Å². The fourth-order valence-corrected chi connectivity index (χ4v) is 5.58. The van der Waals surface area contributed by atoms with E-state index in [1.54, 1.807) is 6.07 Å². The summed E-state index contributed by atoms with van der Waals surface area (Å²) in [5.41, 5.74) is 2.25. The van der Waals surface area contributed by atoms with E-state index in [0.717, 1.165) is 42.1 Å². The van der Waals surface area contributed by atoms with Gasteiger partial charge in [-0.2, -0.15) is 5.26 Å². The van der Waals surface area contributed by atoms with E-state index >= 15 is 0 Å². The van der Waals surface area contributed by atoms with E-state index in [9.17, 15) is 13.7 Å². The Morgan fingerprint density at radius 1 is 1.18 bits per heavy atom. The summed E-state index contributed by atoms with van der Waals surface area (Å²) in [7, 11) is -2.39. The van der Waals surface area contributed by atoms with Gasteiger partial charge in [0.05, 0.1) is 19.8 Å². The number of sulfonamides is 1. The van der Waals surface area contributed by atoms with Crippen molar-refractivity contribution >= 4 is 43.9 Å². The number of nitriles is 1. The van der Waals surface area contributed by atoms with E-state index < -0.39 is 10.0 Å². The van der Waals surface area contributed by atoms with Gasteiger partial charge in [0.1, 0.15) is 6.07 Å². The first-order valence-corrected chi connectivity index (χ1v) is 12.9. The molecule has 9 heteroatoms. The Morgan fingerprint density at radius 2 is 1.94 bits per heavy atom. The van der Waals surface area contributed by atoms with Crippen LogP contribution in [0.3, 0.4) is 0 Å². The van der Waals surface area contributed by atoms with Gasteiger partial charge in [-0.3, -0.25) is 0 Å². The molecule has 1 N–H and O–H groups in total. The number of fused-ring (bicyclic) bond motifs is 1. The summed E-state index contributed by atoms with van der Waals surface area (Å²) in [6.45, 7) is 3.65. The zero-order chi connectivity index (χ0) is 23.3. The van der Waals surface area contributed by atoms with Crippen molar-refractivity contribution in [1.29, 1.82) is 5.26 Å². The second-order valence-electron chi connectivity index (χ2n) is 7.56. The number of benzene rings is 2. The van der Waals surface area contributed by atoms with Gasteiger partial charge in [-0.15, -0.1) is 11.3 Å². The van der Waals surface area contributed by atoms with Crippen molar-refractivity contribution < 1.29 is 17.9 Å². The molecule has 1 aliphatic rings. The summed E-state index contributed by atoms with van der Waals surface area (Å²) in [4.78, 5) is 3.71. The highest BCUT2D eigenvalue weighted by molar-refractivity contribution is 7.93. The molecule has 2 heterocycles. The van der Waals surface area contributed by atoms with E-state index in [1.807, 2.05) is 12.1 Å². The maximum atomic E-state index is 12.3. The lowest BCUT2D eigenvalue weighted by Crippen LogP contribution is -2.36. The second kappa shape index (κ2) is 10.5. The van der Waals surface area contributed by atoms with Gasteiger partial charge in [0.15, 0.2) is 4.91 Å². The molecule has 1 fully saturated rings. The van der Waals surface area contributed by atoms with Crippen LogP contribution < -0.4 is 9.62 Å². The van der Waals surface area contributed by atoms with Gasteiger partial charge >= 0.3 is 0 Å². The number of nitrogens with one attached hydrogen (secondary N) is 1. The Kier molecular flexibility index (Phi) is 7.42. The predicted molar refractivity (Wildman–Crippen MR) is 133 cm³/mol. The first-order chi connectivity index (χ1) is 16.0. The van der Waals surface area contributed by atoms with Crippen LogP contribution in [-0.2, 0) is 19.5 Å². The third kappa shape index (κ3) is 5.61. The lowest BCUT2D eigenvalue weighted by Gasteiger charge is -2.29. The fraction of sp³-hybridized carbons (Fsp3) is 0.292. The van der Waals surface area contributed by atoms with Crippen molar-refractivity contribution in [2.75, 3.05) is 51.5 Å². The summed E-state index contributed by atoms with van der Waals surface area (Å²) >= 11 is 1.44. The average molecular weight is 484 g/mol. The molecule has 0 radical (unpaired) electrons. The molecule has 0 amide bonds. The van der Waals surface area contributed by atoms with Crippen molar-refractivity contribution in [3.63, 3.8) is 0 Å². The Balaban J connectivity index is 1.55. The number of rotatable bonds is 8. The smallest absolute Gasteiger partial charge is 0.250 e. The van der Waals surface area contributed by atoms with Crippen molar-refractivity contribution in [3.05, 3.63) is 58.3 Å². The normalized spacial score (nSPS) is 15.0. The van der Waals surface area contributed by atoms with Crippen LogP contribution in [0.25, 0.3) is 27.3 Å². The first-order valence-electron chi connectivity index (χ1n) is 10.6. The minimum absolute atomic E-state index is 0.109. The molecule has 0 spiro atoms. The molecule has 0 bridgehead atoms. The lowest BCUT2D eigenvalue weighted by atomic mass is 10.0. The molecule has 7 nitrogen and oxygen atoms in total. The molecule has 0 aliphatic carbocycles. The Bertz CT molecular complexity index is 1300. The van der Waals surface area contributed by atoms with Crippen LogP contribution in [0.1, 0.15) is 4.88 Å². The molecule has 1 aliphatic heterocycles. The summed E-state index contributed by atoms with van der Waals surface area (Å²) in [6, 6.07) is 18.3. The quantitative estimate of drug-likeness (QED) is 0.387. The zero-order valence-corrected chi connectivity index (χ0v) is 19.9. The minimum atomic E-state index is -3.88. The minimum Gasteiger partial charge on any atom is -0.383 e. The fourth-order valence-electron chi connectivity index (χ4n) is 3.65. The van der Waals surface area contributed by atoms with Gasteiger partial charge in [0, 0.05) is 42.2 Å². The van der Waals surface area contributed by atoms with Gasteiger partial charge in [0.2, 0.25) is 0 Å². The van der Waals surface area contributed by atoms with Gasteiger partial charge in [0.25, 0.3) is 10.0 Å². The van der Waals surface area contributed by atoms with E-state index in [2.05, 4.69) is 46.0 Å². The number of hydrogen-bond donors (Lipinski definition) is 1. The first kappa shape index (κ1) is 23.4. The average Bonchev–Trinajstić information content (AvgIpc) is 3.31. The second-order valence-corrected chi connectivity index (χ2v) is 10.4. The van der Waals surface area contributed by atoms with Crippen LogP contribution in [0.4, 0.5) is 5.69 Å². The molecule has 33 heavy (non-hydrogen) atoms. The number of ether oxygens (including phenoxy) is 2. The molecule has 0 unspecified atom stereocenters. The molecule has 3 aromatic rings. The maximum Gasteiger partial charge on any atom is 0.250 e. The number of nitrogens with zero attached hydrogens (tertiary/aromatic N) is 2. The van der Waals surface area contributed by atoms with Crippen LogP contribution in [0.5, 0.6) is 0 Å². The predicted octanol–water partition coefficient (Wildman–Crippen LogP) is 3.84. The Morgan fingerprint density at radius 3 is 2.70 bits per heavy atom. The van der Waals surface area contributed by atoms with Crippen LogP contribution in [0.2, 0.25) is 0 Å². The highest BCUT2D eigenvalue weighted by atomic mass is 32.2. The monoisotopic (exact) mass is 483 g/mol.